The van der Waals surface area contributed by atoms with E-state index in [1.165, 1.54) is 0 Å². The summed E-state index contributed by atoms with van der Waals surface area (Å²) in [6, 6.07) is 1.12. The molecule has 4 nitrogen and oxygen atoms in total. The first-order chi connectivity index (χ1) is 7.97. The lowest BCUT2D eigenvalue weighted by Crippen LogP contribution is -2.40. The van der Waals surface area contributed by atoms with Gasteiger partial charge in [0, 0.05) is 25.2 Å². The molecule has 110 valence electrons. The predicted molar refractivity (Wildman–Crippen MR) is 71.0 cm³/mol. The molecule has 1 aromatic rings. The quantitative estimate of drug-likeness (QED) is 0.863. The Labute approximate surface area is 121 Å². The Hall–Kier alpha value is -0.790. The molecule has 0 radical (unpaired) electrons. The number of nitrogens with two attached hydrogens (primary N) is 1. The molecule has 1 saturated heterocycles. The van der Waals surface area contributed by atoms with Crippen LogP contribution in [-0.2, 0) is 6.18 Å². The van der Waals surface area contributed by atoms with Crippen LogP contribution >= 0.6 is 24.8 Å². The van der Waals surface area contributed by atoms with Crippen molar-refractivity contribution in [2.45, 2.75) is 25.1 Å². The molecular formula is C10H15Cl2F3N4. The van der Waals surface area contributed by atoms with Crippen molar-refractivity contribution in [1.82, 2.24) is 9.97 Å². The Morgan fingerprint density at radius 2 is 1.74 bits per heavy atom. The van der Waals surface area contributed by atoms with Crippen LogP contribution in [0, 0.1) is 0 Å². The summed E-state index contributed by atoms with van der Waals surface area (Å²) in [5.74, 6) is 0.319. The number of aromatic nitrogens is 2. The minimum absolute atomic E-state index is 0. The fraction of sp³-hybridized carbons (Fsp3) is 0.600. The Morgan fingerprint density at radius 1 is 1.16 bits per heavy atom. The van der Waals surface area contributed by atoms with Crippen LogP contribution < -0.4 is 10.6 Å². The second-order valence-electron chi connectivity index (χ2n) is 4.08. The van der Waals surface area contributed by atoms with Crippen molar-refractivity contribution in [3.8, 4) is 0 Å². The fourth-order valence-corrected chi connectivity index (χ4v) is 1.80. The second-order valence-corrected chi connectivity index (χ2v) is 4.08. The first-order valence-electron chi connectivity index (χ1n) is 5.36. The summed E-state index contributed by atoms with van der Waals surface area (Å²) in [5, 5.41) is 0. The van der Waals surface area contributed by atoms with E-state index in [0.717, 1.165) is 25.2 Å². The molecule has 0 amide bonds. The molecule has 1 fully saturated rings. The van der Waals surface area contributed by atoms with Crippen molar-refractivity contribution < 1.29 is 13.2 Å². The van der Waals surface area contributed by atoms with Gasteiger partial charge >= 0.3 is 6.18 Å². The maximum Gasteiger partial charge on any atom is 0.433 e. The Bertz CT molecular complexity index is 395. The third-order valence-electron chi connectivity index (χ3n) is 2.81. The number of halogens is 5. The highest BCUT2D eigenvalue weighted by Gasteiger charge is 2.33. The van der Waals surface area contributed by atoms with Crippen LogP contribution in [0.2, 0.25) is 0 Å². The van der Waals surface area contributed by atoms with E-state index >= 15 is 0 Å². The van der Waals surface area contributed by atoms with Crippen LogP contribution in [0.3, 0.4) is 0 Å². The van der Waals surface area contributed by atoms with Gasteiger partial charge in [0.1, 0.15) is 17.8 Å². The smallest absolute Gasteiger partial charge is 0.356 e. The molecule has 9 heteroatoms. The zero-order valence-electron chi connectivity index (χ0n) is 9.93. The van der Waals surface area contributed by atoms with Gasteiger partial charge in [-0.3, -0.25) is 0 Å². The van der Waals surface area contributed by atoms with Crippen LogP contribution in [0.4, 0.5) is 19.0 Å². The van der Waals surface area contributed by atoms with Gasteiger partial charge in [0.25, 0.3) is 0 Å². The largest absolute Gasteiger partial charge is 0.433 e. The van der Waals surface area contributed by atoms with Crippen molar-refractivity contribution in [2.75, 3.05) is 18.0 Å². The maximum absolute atomic E-state index is 12.5. The summed E-state index contributed by atoms with van der Waals surface area (Å²) in [5.41, 5.74) is 4.83. The maximum atomic E-state index is 12.5. The minimum Gasteiger partial charge on any atom is -0.356 e. The molecule has 0 aliphatic carbocycles. The summed E-state index contributed by atoms with van der Waals surface area (Å²) in [6.07, 6.45) is -1.94. The molecule has 0 aromatic carbocycles. The molecule has 0 bridgehead atoms. The van der Waals surface area contributed by atoms with Gasteiger partial charge in [0.2, 0.25) is 0 Å². The highest BCUT2D eigenvalue weighted by Crippen LogP contribution is 2.29. The topological polar surface area (TPSA) is 55.0 Å². The van der Waals surface area contributed by atoms with Gasteiger partial charge in [-0.2, -0.15) is 13.2 Å². The van der Waals surface area contributed by atoms with E-state index in [1.807, 2.05) is 0 Å². The molecule has 0 atom stereocenters. The monoisotopic (exact) mass is 318 g/mol. The Morgan fingerprint density at radius 3 is 2.26 bits per heavy atom. The van der Waals surface area contributed by atoms with Gasteiger partial charge in [-0.1, -0.05) is 0 Å². The number of piperidine rings is 1. The third-order valence-corrected chi connectivity index (χ3v) is 2.81. The van der Waals surface area contributed by atoms with E-state index in [1.54, 1.807) is 4.90 Å². The van der Waals surface area contributed by atoms with E-state index < -0.39 is 11.9 Å². The zero-order chi connectivity index (χ0) is 12.5. The van der Waals surface area contributed by atoms with E-state index in [4.69, 9.17) is 5.73 Å². The first kappa shape index (κ1) is 18.2. The van der Waals surface area contributed by atoms with Gasteiger partial charge < -0.3 is 10.6 Å². The van der Waals surface area contributed by atoms with E-state index in [0.29, 0.717) is 18.9 Å². The number of alkyl halides is 3. The van der Waals surface area contributed by atoms with E-state index in [9.17, 15) is 13.2 Å². The molecular weight excluding hydrogens is 304 g/mol. The average molecular weight is 319 g/mol. The molecule has 2 rings (SSSR count). The normalized spacial score (nSPS) is 16.5. The van der Waals surface area contributed by atoms with Gasteiger partial charge in [-0.25, -0.2) is 9.97 Å². The highest BCUT2D eigenvalue weighted by atomic mass is 35.5. The van der Waals surface area contributed by atoms with Gasteiger partial charge in [0.05, 0.1) is 0 Å². The Balaban J connectivity index is 0.00000162. The van der Waals surface area contributed by atoms with Crippen molar-refractivity contribution >= 4 is 30.6 Å². The number of hydrogen-bond donors (Lipinski definition) is 1. The molecule has 0 spiro atoms. The van der Waals surface area contributed by atoms with E-state index in [2.05, 4.69) is 9.97 Å². The first-order valence-corrected chi connectivity index (χ1v) is 5.36. The summed E-state index contributed by atoms with van der Waals surface area (Å²) in [4.78, 5) is 8.91. The van der Waals surface area contributed by atoms with Crippen LogP contribution in [-0.4, -0.2) is 29.1 Å². The number of rotatable bonds is 1. The zero-order valence-corrected chi connectivity index (χ0v) is 11.6. The second kappa shape index (κ2) is 7.12. The molecule has 19 heavy (non-hydrogen) atoms. The lowest BCUT2D eigenvalue weighted by Gasteiger charge is -2.31. The van der Waals surface area contributed by atoms with Gasteiger partial charge in [0.15, 0.2) is 0 Å². The van der Waals surface area contributed by atoms with Gasteiger partial charge in [-0.15, -0.1) is 24.8 Å². The van der Waals surface area contributed by atoms with E-state index in [-0.39, 0.29) is 30.9 Å². The molecule has 2 heterocycles. The lowest BCUT2D eigenvalue weighted by atomic mass is 10.1. The standard InChI is InChI=1S/C10H13F3N4.2ClH/c11-10(12,13)8-5-9(16-6-15-8)17-3-1-7(14)2-4-17;;/h5-7H,1-4,14H2;2*1H. The number of nitrogens with zero attached hydrogens (tertiary/aromatic N) is 3. The molecule has 0 unspecified atom stereocenters. The van der Waals surface area contributed by atoms with Crippen LogP contribution in [0.25, 0.3) is 0 Å². The summed E-state index contributed by atoms with van der Waals surface area (Å²) in [7, 11) is 0. The van der Waals surface area contributed by atoms with Crippen LogP contribution in [0.1, 0.15) is 18.5 Å². The highest BCUT2D eigenvalue weighted by molar-refractivity contribution is 5.85. The van der Waals surface area contributed by atoms with Gasteiger partial charge in [-0.05, 0) is 12.8 Å². The molecule has 0 saturated carbocycles. The van der Waals surface area contributed by atoms with Crippen molar-refractivity contribution in [2.24, 2.45) is 5.73 Å². The lowest BCUT2D eigenvalue weighted by molar-refractivity contribution is -0.141. The summed E-state index contributed by atoms with van der Waals surface area (Å²) < 4.78 is 37.4. The summed E-state index contributed by atoms with van der Waals surface area (Å²) in [6.45, 7) is 1.27. The predicted octanol–water partition coefficient (Wildman–Crippen LogP) is 2.27. The van der Waals surface area contributed by atoms with Crippen molar-refractivity contribution in [3.63, 3.8) is 0 Å². The molecule has 1 aliphatic rings. The minimum atomic E-state index is -4.43. The van der Waals surface area contributed by atoms with Crippen LogP contribution in [0.15, 0.2) is 12.4 Å². The SMILES string of the molecule is Cl.Cl.NC1CCN(c2cc(C(F)(F)F)ncn2)CC1. The van der Waals surface area contributed by atoms with Crippen molar-refractivity contribution in [1.29, 1.82) is 0 Å². The number of anilines is 1. The average Bonchev–Trinajstić information content (AvgIpc) is 2.29. The Kier molecular flexibility index (Phi) is 6.82. The van der Waals surface area contributed by atoms with Crippen molar-refractivity contribution in [3.05, 3.63) is 18.1 Å². The fourth-order valence-electron chi connectivity index (χ4n) is 1.80. The molecule has 1 aliphatic heterocycles. The summed E-state index contributed by atoms with van der Waals surface area (Å²) >= 11 is 0. The number of hydrogen-bond acceptors (Lipinski definition) is 4. The third kappa shape index (κ3) is 4.67. The van der Waals surface area contributed by atoms with Crippen LogP contribution in [0.5, 0.6) is 0 Å². The molecule has 1 aromatic heterocycles. The molecule has 2 N–H and O–H groups in total.